The number of aromatic nitrogens is 2. The van der Waals surface area contributed by atoms with Crippen molar-refractivity contribution in [2.24, 2.45) is 5.73 Å². The summed E-state index contributed by atoms with van der Waals surface area (Å²) in [6, 6.07) is 14.5. The number of likely N-dealkylation sites (N-methyl/N-ethyl adjacent to an activating group) is 1. The summed E-state index contributed by atoms with van der Waals surface area (Å²) in [7, 11) is 1.64. The van der Waals surface area contributed by atoms with Crippen LogP contribution in [-0.4, -0.2) is 51.0 Å². The predicted octanol–water partition coefficient (Wildman–Crippen LogP) is 2.16. The second kappa shape index (κ2) is 8.25. The molecule has 1 unspecified atom stereocenters. The molecule has 4 rings (SSSR count). The minimum Gasteiger partial charge on any atom is -0.369 e. The van der Waals surface area contributed by atoms with Crippen LogP contribution in [0.25, 0.3) is 22.4 Å². The number of nitrogens with zero attached hydrogens (tertiary/aromatic N) is 3. The van der Waals surface area contributed by atoms with Crippen molar-refractivity contribution >= 4 is 11.8 Å². The molecule has 0 spiro atoms. The Bertz CT molecular complexity index is 1270. The highest BCUT2D eigenvalue weighted by Gasteiger charge is 2.42. The van der Waals surface area contributed by atoms with Gasteiger partial charge in [-0.05, 0) is 42.8 Å². The number of aryl methyl sites for hydroxylation is 1. The van der Waals surface area contributed by atoms with E-state index in [2.05, 4.69) is 21.8 Å². The van der Waals surface area contributed by atoms with Gasteiger partial charge < -0.3 is 15.7 Å². The monoisotopic (exact) mass is 426 g/mol. The lowest BCUT2D eigenvalue weighted by Gasteiger charge is -2.13. The second-order valence-corrected chi connectivity index (χ2v) is 7.85. The van der Waals surface area contributed by atoms with Gasteiger partial charge in [0.05, 0.1) is 5.69 Å². The van der Waals surface area contributed by atoms with Crippen LogP contribution >= 0.6 is 0 Å². The molecule has 1 atom stereocenters. The van der Waals surface area contributed by atoms with Crippen LogP contribution in [-0.2, 0) is 4.79 Å². The zero-order valence-corrected chi connectivity index (χ0v) is 17.8. The van der Waals surface area contributed by atoms with Gasteiger partial charge in [-0.25, -0.2) is 4.98 Å². The number of nitrogens with two attached hydrogens (primary N) is 1. The number of carbonyl (C=O) groups excluding carboxylic acids is 2. The smallest absolute Gasteiger partial charge is 0.267 e. The lowest BCUT2D eigenvalue weighted by molar-refractivity contribution is -0.137. The number of hydrogen-bond donors (Lipinski definition) is 2. The topological polar surface area (TPSA) is 109 Å². The summed E-state index contributed by atoms with van der Waals surface area (Å²) in [5.41, 5.74) is 8.37. The van der Waals surface area contributed by atoms with E-state index >= 15 is 0 Å². The number of carbonyl (C=O) groups is 2. The fraction of sp³-hybridized carbons (Fsp3) is 0.200. The van der Waals surface area contributed by atoms with Gasteiger partial charge in [0.15, 0.2) is 0 Å². The lowest BCUT2D eigenvalue weighted by atomic mass is 10.0. The summed E-state index contributed by atoms with van der Waals surface area (Å²) in [5.74, 6) is 4.59. The van der Waals surface area contributed by atoms with Crippen molar-refractivity contribution in [3.05, 3.63) is 71.7 Å². The molecule has 0 aliphatic carbocycles. The molecule has 160 valence electrons. The zero-order chi connectivity index (χ0) is 22.9. The summed E-state index contributed by atoms with van der Waals surface area (Å²) in [6.07, 6.45) is 2.00. The van der Waals surface area contributed by atoms with E-state index in [9.17, 15) is 14.7 Å². The number of likely N-dealkylation sites (tertiary alicyclic amines) is 1. The van der Waals surface area contributed by atoms with Crippen LogP contribution in [0.4, 0.5) is 0 Å². The first-order valence-corrected chi connectivity index (χ1v) is 10.1. The van der Waals surface area contributed by atoms with Crippen molar-refractivity contribution in [1.82, 2.24) is 14.9 Å². The maximum atomic E-state index is 12.1. The van der Waals surface area contributed by atoms with E-state index < -0.39 is 17.4 Å². The molecule has 3 aromatic rings. The average Bonchev–Trinajstić information content (AvgIpc) is 3.06. The molecule has 3 heterocycles. The number of benzene rings is 1. The molecule has 0 saturated carbocycles. The first-order chi connectivity index (χ1) is 15.2. The summed E-state index contributed by atoms with van der Waals surface area (Å²) in [5, 5.41) is 10.5. The number of aliphatic hydroxyl groups is 1. The number of pyridine rings is 2. The van der Waals surface area contributed by atoms with Gasteiger partial charge in [0.2, 0.25) is 5.60 Å². The highest BCUT2D eigenvalue weighted by molar-refractivity contribution is 5.93. The van der Waals surface area contributed by atoms with E-state index in [1.165, 1.54) is 4.90 Å². The van der Waals surface area contributed by atoms with Crippen molar-refractivity contribution in [2.45, 2.75) is 18.9 Å². The Labute approximate surface area is 185 Å². The summed E-state index contributed by atoms with van der Waals surface area (Å²) < 4.78 is 0. The Hall–Kier alpha value is -4.02. The van der Waals surface area contributed by atoms with Gasteiger partial charge in [-0.2, -0.15) is 0 Å². The number of amides is 2. The van der Waals surface area contributed by atoms with E-state index in [0.717, 1.165) is 22.4 Å². The van der Waals surface area contributed by atoms with E-state index in [0.29, 0.717) is 17.8 Å². The molecule has 7 nitrogen and oxygen atoms in total. The van der Waals surface area contributed by atoms with Crippen LogP contribution < -0.4 is 5.73 Å². The van der Waals surface area contributed by atoms with E-state index in [1.54, 1.807) is 37.5 Å². The third kappa shape index (κ3) is 4.22. The molecule has 2 amide bonds. The van der Waals surface area contributed by atoms with Crippen molar-refractivity contribution in [3.63, 3.8) is 0 Å². The van der Waals surface area contributed by atoms with Gasteiger partial charge in [0.1, 0.15) is 5.69 Å². The number of primary amides is 1. The largest absolute Gasteiger partial charge is 0.369 e. The van der Waals surface area contributed by atoms with E-state index in [4.69, 9.17) is 5.73 Å². The minimum atomic E-state index is -1.67. The van der Waals surface area contributed by atoms with Gasteiger partial charge in [-0.1, -0.05) is 30.0 Å². The fourth-order valence-electron chi connectivity index (χ4n) is 3.51. The summed E-state index contributed by atoms with van der Waals surface area (Å²) >= 11 is 0. The van der Waals surface area contributed by atoms with Crippen LogP contribution in [0.5, 0.6) is 0 Å². The van der Waals surface area contributed by atoms with Gasteiger partial charge in [-0.3, -0.25) is 14.6 Å². The quantitative estimate of drug-likeness (QED) is 0.624. The molecule has 1 aliphatic heterocycles. The highest BCUT2D eigenvalue weighted by atomic mass is 16.3. The normalized spacial score (nSPS) is 17.7. The Morgan fingerprint density at radius 1 is 1.16 bits per heavy atom. The van der Waals surface area contributed by atoms with Crippen LogP contribution in [0.1, 0.15) is 28.2 Å². The molecule has 0 radical (unpaired) electrons. The van der Waals surface area contributed by atoms with E-state index in [1.807, 2.05) is 31.2 Å². The zero-order valence-electron chi connectivity index (χ0n) is 17.8. The fourth-order valence-corrected chi connectivity index (χ4v) is 3.51. The lowest BCUT2D eigenvalue weighted by Crippen LogP contribution is -2.37. The van der Waals surface area contributed by atoms with Gasteiger partial charge in [0.25, 0.3) is 11.8 Å². The molecular weight excluding hydrogens is 404 g/mol. The SMILES string of the molecule is Cc1ccc(-c2cc(C(N)=O)nc(-c3cccc(C#CC4(O)CCN(C)C4=O)c3)c2)cn1. The summed E-state index contributed by atoms with van der Waals surface area (Å²) in [4.78, 5) is 34.2. The second-order valence-electron chi connectivity index (χ2n) is 7.85. The van der Waals surface area contributed by atoms with Gasteiger partial charge >= 0.3 is 0 Å². The molecular formula is C25H22N4O3. The van der Waals surface area contributed by atoms with Gasteiger partial charge in [0, 0.05) is 48.6 Å². The number of hydrogen-bond acceptors (Lipinski definition) is 5. The van der Waals surface area contributed by atoms with Crippen LogP contribution in [0.15, 0.2) is 54.7 Å². The van der Waals surface area contributed by atoms with Crippen LogP contribution in [0, 0.1) is 18.8 Å². The van der Waals surface area contributed by atoms with Crippen molar-refractivity contribution in [3.8, 4) is 34.2 Å². The van der Waals surface area contributed by atoms with Crippen LogP contribution in [0.3, 0.4) is 0 Å². The van der Waals surface area contributed by atoms with Crippen molar-refractivity contribution in [2.75, 3.05) is 13.6 Å². The Morgan fingerprint density at radius 3 is 2.62 bits per heavy atom. The number of rotatable bonds is 3. The third-order valence-electron chi connectivity index (χ3n) is 5.40. The Balaban J connectivity index is 1.73. The highest BCUT2D eigenvalue weighted by Crippen LogP contribution is 2.27. The maximum absolute atomic E-state index is 12.1. The molecule has 1 saturated heterocycles. The first kappa shape index (κ1) is 21.2. The molecule has 3 N–H and O–H groups in total. The molecule has 1 aliphatic rings. The first-order valence-electron chi connectivity index (χ1n) is 10.1. The predicted molar refractivity (Wildman–Crippen MR) is 120 cm³/mol. The molecule has 0 bridgehead atoms. The average molecular weight is 426 g/mol. The van der Waals surface area contributed by atoms with E-state index in [-0.39, 0.29) is 12.1 Å². The van der Waals surface area contributed by atoms with Crippen molar-refractivity contribution in [1.29, 1.82) is 0 Å². The molecule has 1 fully saturated rings. The Kier molecular flexibility index (Phi) is 5.47. The Morgan fingerprint density at radius 2 is 1.97 bits per heavy atom. The maximum Gasteiger partial charge on any atom is 0.267 e. The minimum absolute atomic E-state index is 0.142. The standard InChI is InChI=1S/C25H22N4O3/c1-16-6-7-19(15-27-16)20-13-21(28-22(14-20)23(26)30)18-5-3-4-17(12-18)8-9-25(32)10-11-29(2)24(25)31/h3-7,12-15,32H,10-11H2,1-2H3,(H2,26,30). The van der Waals surface area contributed by atoms with Crippen molar-refractivity contribution < 1.29 is 14.7 Å². The molecule has 2 aromatic heterocycles. The molecule has 7 heteroatoms. The van der Waals surface area contributed by atoms with Gasteiger partial charge in [-0.15, -0.1) is 0 Å². The molecule has 1 aromatic carbocycles. The summed E-state index contributed by atoms with van der Waals surface area (Å²) in [6.45, 7) is 2.36. The molecule has 32 heavy (non-hydrogen) atoms. The van der Waals surface area contributed by atoms with Crippen LogP contribution in [0.2, 0.25) is 0 Å². The third-order valence-corrected chi connectivity index (χ3v) is 5.40.